The summed E-state index contributed by atoms with van der Waals surface area (Å²) in [4.78, 5) is 10.8. The van der Waals surface area contributed by atoms with Crippen molar-refractivity contribution < 1.29 is 4.79 Å². The normalized spacial score (nSPS) is 15.0. The molecule has 0 spiro atoms. The SMILES string of the molecule is CC/C=C(\C)C(C)C(C)=O. The average molecular weight is 140 g/mol. The Balaban J connectivity index is 4.06. The number of ketones is 1. The van der Waals surface area contributed by atoms with E-state index in [9.17, 15) is 4.79 Å². The highest BCUT2D eigenvalue weighted by Crippen LogP contribution is 2.10. The molecule has 1 nitrogen and oxygen atoms in total. The largest absolute Gasteiger partial charge is 0.299 e. The van der Waals surface area contributed by atoms with Crippen molar-refractivity contribution in [1.29, 1.82) is 0 Å². The minimum Gasteiger partial charge on any atom is -0.299 e. The summed E-state index contributed by atoms with van der Waals surface area (Å²) in [6, 6.07) is 0. The van der Waals surface area contributed by atoms with E-state index in [-0.39, 0.29) is 11.7 Å². The van der Waals surface area contributed by atoms with Crippen molar-refractivity contribution in [3.8, 4) is 0 Å². The van der Waals surface area contributed by atoms with Crippen molar-refractivity contribution in [1.82, 2.24) is 0 Å². The van der Waals surface area contributed by atoms with E-state index in [0.29, 0.717) is 0 Å². The van der Waals surface area contributed by atoms with E-state index in [2.05, 4.69) is 13.0 Å². The zero-order valence-electron chi connectivity index (χ0n) is 7.27. The number of rotatable bonds is 3. The molecule has 0 radical (unpaired) electrons. The Morgan fingerprint density at radius 1 is 1.50 bits per heavy atom. The van der Waals surface area contributed by atoms with Crippen LogP contribution in [0.25, 0.3) is 0 Å². The maximum absolute atomic E-state index is 10.8. The van der Waals surface area contributed by atoms with Crippen LogP contribution in [-0.4, -0.2) is 5.78 Å². The average Bonchev–Trinajstić information content (AvgIpc) is 1.87. The van der Waals surface area contributed by atoms with Crippen LogP contribution in [0.1, 0.15) is 34.1 Å². The third-order valence-corrected chi connectivity index (χ3v) is 1.82. The first kappa shape index (κ1) is 9.41. The van der Waals surface area contributed by atoms with Crippen molar-refractivity contribution in [3.05, 3.63) is 11.6 Å². The van der Waals surface area contributed by atoms with E-state index in [4.69, 9.17) is 0 Å². The van der Waals surface area contributed by atoms with E-state index < -0.39 is 0 Å². The Morgan fingerprint density at radius 2 is 2.00 bits per heavy atom. The van der Waals surface area contributed by atoms with Crippen molar-refractivity contribution in [2.75, 3.05) is 0 Å². The zero-order valence-corrected chi connectivity index (χ0v) is 7.27. The molecule has 0 heterocycles. The van der Waals surface area contributed by atoms with E-state index >= 15 is 0 Å². The van der Waals surface area contributed by atoms with Gasteiger partial charge in [0.05, 0.1) is 0 Å². The Kier molecular flexibility index (Phi) is 4.01. The monoisotopic (exact) mass is 140 g/mol. The van der Waals surface area contributed by atoms with Crippen molar-refractivity contribution in [2.24, 2.45) is 5.92 Å². The molecular formula is C9H16O. The van der Waals surface area contributed by atoms with Gasteiger partial charge in [0, 0.05) is 5.92 Å². The van der Waals surface area contributed by atoms with Crippen LogP contribution < -0.4 is 0 Å². The lowest BCUT2D eigenvalue weighted by Gasteiger charge is -2.06. The molecule has 1 atom stereocenters. The number of Topliss-reactive ketones (excluding diaryl/α,β-unsaturated/α-hetero) is 1. The highest BCUT2D eigenvalue weighted by Gasteiger charge is 2.07. The van der Waals surface area contributed by atoms with Crippen LogP contribution in [0.3, 0.4) is 0 Å². The van der Waals surface area contributed by atoms with Gasteiger partial charge in [0.1, 0.15) is 5.78 Å². The van der Waals surface area contributed by atoms with Gasteiger partial charge >= 0.3 is 0 Å². The standard InChI is InChI=1S/C9H16O/c1-5-6-7(2)8(3)9(4)10/h6,8H,5H2,1-4H3/b7-6+. The van der Waals surface area contributed by atoms with Crippen LogP contribution in [0.5, 0.6) is 0 Å². The molecule has 1 unspecified atom stereocenters. The number of carbonyl (C=O) groups excluding carboxylic acids is 1. The third kappa shape index (κ3) is 2.81. The maximum atomic E-state index is 10.8. The van der Waals surface area contributed by atoms with Gasteiger partial charge in [-0.05, 0) is 20.3 Å². The molecule has 0 saturated heterocycles. The molecule has 0 fully saturated rings. The van der Waals surface area contributed by atoms with E-state index in [1.54, 1.807) is 6.92 Å². The topological polar surface area (TPSA) is 17.1 Å². The molecule has 0 saturated carbocycles. The van der Waals surface area contributed by atoms with Gasteiger partial charge in [-0.25, -0.2) is 0 Å². The molecule has 0 aliphatic heterocycles. The molecule has 0 aromatic heterocycles. The molecular weight excluding hydrogens is 124 g/mol. The molecule has 0 N–H and O–H groups in total. The fourth-order valence-corrected chi connectivity index (χ4v) is 0.819. The third-order valence-electron chi connectivity index (χ3n) is 1.82. The van der Waals surface area contributed by atoms with E-state index in [1.807, 2.05) is 13.8 Å². The van der Waals surface area contributed by atoms with Crippen LogP contribution in [0, 0.1) is 5.92 Å². The van der Waals surface area contributed by atoms with Gasteiger partial charge in [-0.2, -0.15) is 0 Å². The van der Waals surface area contributed by atoms with Crippen LogP contribution in [-0.2, 0) is 4.79 Å². The molecule has 0 amide bonds. The quantitative estimate of drug-likeness (QED) is 0.551. The molecule has 0 aliphatic carbocycles. The molecule has 0 rings (SSSR count). The number of hydrogen-bond acceptors (Lipinski definition) is 1. The van der Waals surface area contributed by atoms with Crippen molar-refractivity contribution >= 4 is 5.78 Å². The predicted molar refractivity (Wildman–Crippen MR) is 43.9 cm³/mol. The molecule has 0 aliphatic rings. The Bertz CT molecular complexity index is 145. The second-order valence-corrected chi connectivity index (χ2v) is 2.69. The van der Waals surface area contributed by atoms with Gasteiger partial charge < -0.3 is 0 Å². The summed E-state index contributed by atoms with van der Waals surface area (Å²) < 4.78 is 0. The fourth-order valence-electron chi connectivity index (χ4n) is 0.819. The van der Waals surface area contributed by atoms with Crippen LogP contribution in [0.2, 0.25) is 0 Å². The summed E-state index contributed by atoms with van der Waals surface area (Å²) in [7, 11) is 0. The maximum Gasteiger partial charge on any atom is 0.136 e. The molecule has 58 valence electrons. The summed E-state index contributed by atoms with van der Waals surface area (Å²) in [5.74, 6) is 0.363. The molecule has 1 heteroatoms. The number of hydrogen-bond donors (Lipinski definition) is 0. The summed E-state index contributed by atoms with van der Waals surface area (Å²) in [6.07, 6.45) is 3.12. The summed E-state index contributed by atoms with van der Waals surface area (Å²) in [5.41, 5.74) is 1.19. The number of allylic oxidation sites excluding steroid dienone is 2. The van der Waals surface area contributed by atoms with Crippen LogP contribution in [0.4, 0.5) is 0 Å². The van der Waals surface area contributed by atoms with Gasteiger partial charge in [-0.1, -0.05) is 25.5 Å². The molecule has 10 heavy (non-hydrogen) atoms. The highest BCUT2D eigenvalue weighted by molar-refractivity contribution is 5.80. The van der Waals surface area contributed by atoms with Gasteiger partial charge in [0.25, 0.3) is 0 Å². The first-order chi connectivity index (χ1) is 4.59. The smallest absolute Gasteiger partial charge is 0.136 e. The van der Waals surface area contributed by atoms with Gasteiger partial charge in [0.15, 0.2) is 0 Å². The van der Waals surface area contributed by atoms with E-state index in [0.717, 1.165) is 6.42 Å². The predicted octanol–water partition coefficient (Wildman–Crippen LogP) is 2.57. The second kappa shape index (κ2) is 4.26. The summed E-state index contributed by atoms with van der Waals surface area (Å²) >= 11 is 0. The van der Waals surface area contributed by atoms with E-state index in [1.165, 1.54) is 5.57 Å². The molecule has 0 bridgehead atoms. The Morgan fingerprint density at radius 3 is 2.30 bits per heavy atom. The Labute approximate surface area is 63.1 Å². The lowest BCUT2D eigenvalue weighted by Crippen LogP contribution is -2.06. The first-order valence-electron chi connectivity index (χ1n) is 3.76. The minimum atomic E-state index is 0.111. The second-order valence-electron chi connectivity index (χ2n) is 2.69. The lowest BCUT2D eigenvalue weighted by molar-refractivity contribution is -0.119. The number of carbonyl (C=O) groups is 1. The molecule has 0 aromatic carbocycles. The minimum absolute atomic E-state index is 0.111. The van der Waals surface area contributed by atoms with Crippen LogP contribution >= 0.6 is 0 Å². The fraction of sp³-hybridized carbons (Fsp3) is 0.667. The summed E-state index contributed by atoms with van der Waals surface area (Å²) in [5, 5.41) is 0. The van der Waals surface area contributed by atoms with Crippen molar-refractivity contribution in [3.63, 3.8) is 0 Å². The Hall–Kier alpha value is -0.590. The van der Waals surface area contributed by atoms with Gasteiger partial charge in [-0.15, -0.1) is 0 Å². The van der Waals surface area contributed by atoms with Crippen LogP contribution in [0.15, 0.2) is 11.6 Å². The highest BCUT2D eigenvalue weighted by atomic mass is 16.1. The first-order valence-corrected chi connectivity index (χ1v) is 3.76. The van der Waals surface area contributed by atoms with Gasteiger partial charge in [-0.3, -0.25) is 4.79 Å². The van der Waals surface area contributed by atoms with Crippen molar-refractivity contribution in [2.45, 2.75) is 34.1 Å². The molecule has 0 aromatic rings. The zero-order chi connectivity index (χ0) is 8.15. The lowest BCUT2D eigenvalue weighted by atomic mass is 9.98. The van der Waals surface area contributed by atoms with Gasteiger partial charge in [0.2, 0.25) is 0 Å². The summed E-state index contributed by atoms with van der Waals surface area (Å²) in [6.45, 7) is 7.67.